The summed E-state index contributed by atoms with van der Waals surface area (Å²) in [5.74, 6) is 1.35. The summed E-state index contributed by atoms with van der Waals surface area (Å²) >= 11 is 0. The molecule has 0 spiro atoms. The first kappa shape index (κ1) is 15.8. The first-order valence-corrected chi connectivity index (χ1v) is 8.32. The lowest BCUT2D eigenvalue weighted by molar-refractivity contribution is -0.127. The Labute approximate surface area is 123 Å². The van der Waals surface area contributed by atoms with E-state index >= 15 is 0 Å². The molecule has 1 amide bonds. The number of nitrogens with zero attached hydrogens (tertiary/aromatic N) is 1. The third-order valence-electron chi connectivity index (χ3n) is 4.97. The quantitative estimate of drug-likeness (QED) is 0.805. The number of amides is 1. The summed E-state index contributed by atoms with van der Waals surface area (Å²) in [6, 6.07) is 0.212. The second-order valence-corrected chi connectivity index (χ2v) is 7.01. The maximum absolute atomic E-state index is 12.3. The summed E-state index contributed by atoms with van der Waals surface area (Å²) in [6.07, 6.45) is 5.67. The van der Waals surface area contributed by atoms with Crippen LogP contribution in [0.25, 0.3) is 0 Å². The Bertz CT molecular complexity index is 315. The highest BCUT2D eigenvalue weighted by Crippen LogP contribution is 2.29. The van der Waals surface area contributed by atoms with Crippen LogP contribution in [-0.2, 0) is 4.79 Å². The van der Waals surface area contributed by atoms with Gasteiger partial charge in [-0.1, -0.05) is 13.8 Å². The van der Waals surface area contributed by atoms with Gasteiger partial charge in [-0.2, -0.15) is 0 Å². The first-order chi connectivity index (χ1) is 9.56. The molecular formula is C16H31N3O. The number of rotatable bonds is 5. The molecule has 0 radical (unpaired) electrons. The fourth-order valence-electron chi connectivity index (χ4n) is 3.60. The smallest absolute Gasteiger partial charge is 0.223 e. The Balaban J connectivity index is 1.70. The van der Waals surface area contributed by atoms with Crippen LogP contribution in [0.15, 0.2) is 0 Å². The van der Waals surface area contributed by atoms with E-state index in [1.807, 2.05) is 0 Å². The summed E-state index contributed by atoms with van der Waals surface area (Å²) in [5, 5.41) is 3.16. The molecule has 116 valence electrons. The fourth-order valence-corrected chi connectivity index (χ4v) is 3.60. The van der Waals surface area contributed by atoms with Crippen LogP contribution in [-0.4, -0.2) is 43.0 Å². The Morgan fingerprint density at radius 3 is 2.75 bits per heavy atom. The van der Waals surface area contributed by atoms with Gasteiger partial charge in [-0.3, -0.25) is 4.79 Å². The van der Waals surface area contributed by atoms with Crippen LogP contribution in [0.5, 0.6) is 0 Å². The molecule has 2 rings (SSSR count). The minimum Gasteiger partial charge on any atom is -0.356 e. The molecule has 4 nitrogen and oxygen atoms in total. The van der Waals surface area contributed by atoms with Crippen molar-refractivity contribution in [1.29, 1.82) is 0 Å². The molecule has 1 aliphatic carbocycles. The van der Waals surface area contributed by atoms with Crippen molar-refractivity contribution in [1.82, 2.24) is 10.2 Å². The summed E-state index contributed by atoms with van der Waals surface area (Å²) < 4.78 is 0. The van der Waals surface area contributed by atoms with Crippen molar-refractivity contribution in [3.63, 3.8) is 0 Å². The second kappa shape index (κ2) is 7.41. The standard InChI is InChI=1S/C16H31N3O/c1-12(11-19-7-3-4-8-19)10-18-16(20)15-9-14(17)6-5-13(15)2/h12-15H,3-11,17H2,1-2H3,(H,18,20). The number of hydrogen-bond acceptors (Lipinski definition) is 3. The lowest BCUT2D eigenvalue weighted by Gasteiger charge is -2.32. The second-order valence-electron chi connectivity index (χ2n) is 7.01. The molecule has 3 N–H and O–H groups in total. The molecule has 0 aromatic rings. The van der Waals surface area contributed by atoms with Gasteiger partial charge < -0.3 is 16.0 Å². The van der Waals surface area contributed by atoms with E-state index in [0.29, 0.717) is 11.8 Å². The van der Waals surface area contributed by atoms with Crippen molar-refractivity contribution in [2.75, 3.05) is 26.2 Å². The van der Waals surface area contributed by atoms with Gasteiger partial charge in [0.2, 0.25) is 5.91 Å². The van der Waals surface area contributed by atoms with Crippen LogP contribution < -0.4 is 11.1 Å². The van der Waals surface area contributed by atoms with Gasteiger partial charge in [-0.15, -0.1) is 0 Å². The number of nitrogens with one attached hydrogen (secondary N) is 1. The van der Waals surface area contributed by atoms with Gasteiger partial charge in [0, 0.05) is 25.0 Å². The van der Waals surface area contributed by atoms with E-state index in [-0.39, 0.29) is 17.9 Å². The molecule has 4 unspecified atom stereocenters. The van der Waals surface area contributed by atoms with Crippen LogP contribution >= 0.6 is 0 Å². The molecule has 20 heavy (non-hydrogen) atoms. The van der Waals surface area contributed by atoms with E-state index in [2.05, 4.69) is 24.1 Å². The van der Waals surface area contributed by atoms with Crippen LogP contribution in [0.1, 0.15) is 46.0 Å². The average Bonchev–Trinajstić information content (AvgIpc) is 2.91. The Hall–Kier alpha value is -0.610. The van der Waals surface area contributed by atoms with Gasteiger partial charge in [-0.05, 0) is 57.0 Å². The predicted octanol–water partition coefficient (Wildman–Crippen LogP) is 1.60. The minimum absolute atomic E-state index is 0.123. The number of carbonyl (C=O) groups excluding carboxylic acids is 1. The average molecular weight is 281 g/mol. The van der Waals surface area contributed by atoms with Crippen molar-refractivity contribution in [2.24, 2.45) is 23.5 Å². The lowest BCUT2D eigenvalue weighted by Crippen LogP contribution is -2.43. The predicted molar refractivity (Wildman–Crippen MR) is 82.3 cm³/mol. The molecular weight excluding hydrogens is 250 g/mol. The molecule has 4 atom stereocenters. The zero-order valence-electron chi connectivity index (χ0n) is 13.1. The van der Waals surface area contributed by atoms with Crippen molar-refractivity contribution < 1.29 is 4.79 Å². The highest BCUT2D eigenvalue weighted by Gasteiger charge is 2.31. The van der Waals surface area contributed by atoms with E-state index in [1.165, 1.54) is 25.9 Å². The number of hydrogen-bond donors (Lipinski definition) is 2. The lowest BCUT2D eigenvalue weighted by atomic mass is 9.77. The van der Waals surface area contributed by atoms with Crippen molar-refractivity contribution in [3.8, 4) is 0 Å². The van der Waals surface area contributed by atoms with Crippen molar-refractivity contribution in [3.05, 3.63) is 0 Å². The van der Waals surface area contributed by atoms with Gasteiger partial charge in [0.05, 0.1) is 0 Å². The van der Waals surface area contributed by atoms with Crippen LogP contribution in [0.4, 0.5) is 0 Å². The van der Waals surface area contributed by atoms with Gasteiger partial charge in [0.1, 0.15) is 0 Å². The van der Waals surface area contributed by atoms with E-state index < -0.39 is 0 Å². The molecule has 4 heteroatoms. The van der Waals surface area contributed by atoms with E-state index in [4.69, 9.17) is 5.73 Å². The van der Waals surface area contributed by atoms with Crippen LogP contribution in [0.3, 0.4) is 0 Å². The molecule has 2 fully saturated rings. The summed E-state index contributed by atoms with van der Waals surface area (Å²) in [6.45, 7) is 8.78. The van der Waals surface area contributed by atoms with Gasteiger partial charge in [-0.25, -0.2) is 0 Å². The number of carbonyl (C=O) groups is 1. The third kappa shape index (κ3) is 4.45. The van der Waals surface area contributed by atoms with E-state index in [9.17, 15) is 4.79 Å². The Morgan fingerprint density at radius 2 is 2.05 bits per heavy atom. The highest BCUT2D eigenvalue weighted by molar-refractivity contribution is 5.79. The fraction of sp³-hybridized carbons (Fsp3) is 0.938. The molecule has 0 aromatic carbocycles. The zero-order valence-corrected chi connectivity index (χ0v) is 13.1. The van der Waals surface area contributed by atoms with Crippen molar-refractivity contribution >= 4 is 5.91 Å². The van der Waals surface area contributed by atoms with Gasteiger partial charge in [0.15, 0.2) is 0 Å². The van der Waals surface area contributed by atoms with E-state index in [0.717, 1.165) is 32.4 Å². The Kier molecular flexibility index (Phi) is 5.85. The molecule has 0 aromatic heterocycles. The highest BCUT2D eigenvalue weighted by atomic mass is 16.1. The first-order valence-electron chi connectivity index (χ1n) is 8.32. The molecule has 2 aliphatic rings. The minimum atomic E-state index is 0.123. The normalized spacial score (nSPS) is 33.0. The van der Waals surface area contributed by atoms with Crippen LogP contribution in [0, 0.1) is 17.8 Å². The largest absolute Gasteiger partial charge is 0.356 e. The molecule has 1 heterocycles. The molecule has 1 aliphatic heterocycles. The van der Waals surface area contributed by atoms with E-state index in [1.54, 1.807) is 0 Å². The van der Waals surface area contributed by atoms with Gasteiger partial charge >= 0.3 is 0 Å². The zero-order chi connectivity index (χ0) is 14.5. The van der Waals surface area contributed by atoms with Crippen LogP contribution in [0.2, 0.25) is 0 Å². The number of likely N-dealkylation sites (tertiary alicyclic amines) is 1. The molecule has 1 saturated carbocycles. The SMILES string of the molecule is CC(CNC(=O)C1CC(N)CCC1C)CN1CCCC1. The number of nitrogens with two attached hydrogens (primary N) is 1. The molecule has 1 saturated heterocycles. The topological polar surface area (TPSA) is 58.4 Å². The summed E-state index contributed by atoms with van der Waals surface area (Å²) in [5.41, 5.74) is 6.00. The van der Waals surface area contributed by atoms with Crippen molar-refractivity contribution in [2.45, 2.75) is 52.0 Å². The molecule has 0 bridgehead atoms. The summed E-state index contributed by atoms with van der Waals surface area (Å²) in [7, 11) is 0. The Morgan fingerprint density at radius 1 is 1.35 bits per heavy atom. The maximum Gasteiger partial charge on any atom is 0.223 e. The summed E-state index contributed by atoms with van der Waals surface area (Å²) in [4.78, 5) is 14.8. The maximum atomic E-state index is 12.3. The monoisotopic (exact) mass is 281 g/mol. The third-order valence-corrected chi connectivity index (χ3v) is 4.97. The van der Waals surface area contributed by atoms with Gasteiger partial charge in [0.25, 0.3) is 0 Å².